The van der Waals surface area contributed by atoms with Gasteiger partial charge in [0.15, 0.2) is 11.5 Å². The summed E-state index contributed by atoms with van der Waals surface area (Å²) in [5, 5.41) is 0. The van der Waals surface area contributed by atoms with Crippen molar-refractivity contribution in [2.24, 2.45) is 0 Å². The van der Waals surface area contributed by atoms with Gasteiger partial charge in [-0.05, 0) is 48.7 Å². The van der Waals surface area contributed by atoms with E-state index in [1.165, 1.54) is 12.1 Å². The predicted octanol–water partition coefficient (Wildman–Crippen LogP) is 2.01. The Labute approximate surface area is 183 Å². The number of aryl methyl sites for hydroxylation is 1. The fourth-order valence-electron chi connectivity index (χ4n) is 3.38. The van der Waals surface area contributed by atoms with E-state index >= 15 is 0 Å². The van der Waals surface area contributed by atoms with E-state index in [-0.39, 0.29) is 17.3 Å². The van der Waals surface area contributed by atoms with Crippen LogP contribution in [0.3, 0.4) is 0 Å². The van der Waals surface area contributed by atoms with Crippen LogP contribution in [0.1, 0.15) is 21.5 Å². The Morgan fingerprint density at radius 3 is 2.45 bits per heavy atom. The lowest BCUT2D eigenvalue weighted by molar-refractivity contribution is 0.0302. The Balaban J connectivity index is 1.69. The second-order valence-electron chi connectivity index (χ2n) is 7.22. The number of morpholine rings is 1. The number of ether oxygens (including phenoxy) is 3. The molecule has 0 unspecified atom stereocenters. The molecule has 1 fully saturated rings. The Hall–Kier alpha value is -2.62. The summed E-state index contributed by atoms with van der Waals surface area (Å²) in [7, 11) is -0.650. The van der Waals surface area contributed by atoms with E-state index in [9.17, 15) is 13.2 Å². The molecule has 2 aromatic carbocycles. The topological polar surface area (TPSA) is 94.2 Å². The lowest BCUT2D eigenvalue weighted by atomic mass is 10.1. The van der Waals surface area contributed by atoms with Gasteiger partial charge in [-0.15, -0.1) is 0 Å². The van der Waals surface area contributed by atoms with Crippen LogP contribution in [-0.2, 0) is 21.2 Å². The highest BCUT2D eigenvalue weighted by Gasteiger charge is 2.23. The molecule has 1 amide bonds. The van der Waals surface area contributed by atoms with Crippen LogP contribution in [0.4, 0.5) is 0 Å². The van der Waals surface area contributed by atoms with Gasteiger partial charge in [0.1, 0.15) is 0 Å². The molecule has 1 heterocycles. The number of hydrogen-bond acceptors (Lipinski definition) is 6. The maximum atomic E-state index is 12.8. The minimum Gasteiger partial charge on any atom is -0.493 e. The summed E-state index contributed by atoms with van der Waals surface area (Å²) in [6.45, 7) is 3.98. The molecule has 1 saturated heterocycles. The van der Waals surface area contributed by atoms with Crippen molar-refractivity contribution < 1.29 is 27.4 Å². The second-order valence-corrected chi connectivity index (χ2v) is 8.99. The van der Waals surface area contributed by atoms with Gasteiger partial charge in [-0.2, -0.15) is 0 Å². The number of amides is 1. The van der Waals surface area contributed by atoms with Gasteiger partial charge in [-0.25, -0.2) is 13.1 Å². The molecule has 0 aromatic heterocycles. The van der Waals surface area contributed by atoms with Crippen LogP contribution in [0.2, 0.25) is 0 Å². The minimum absolute atomic E-state index is 0.0713. The standard InChI is InChI=1S/C22H28N2O6S/c1-16-4-6-18(15-19(16)22(25)24-10-12-30-13-11-24)31(26,27)23-9-8-17-5-7-20(28-2)21(14-17)29-3/h4-7,14-15,23H,8-13H2,1-3H3. The fourth-order valence-corrected chi connectivity index (χ4v) is 4.44. The van der Waals surface area contributed by atoms with Crippen LogP contribution >= 0.6 is 0 Å². The lowest BCUT2D eigenvalue weighted by Gasteiger charge is -2.27. The van der Waals surface area contributed by atoms with Crippen LogP contribution in [-0.4, -0.2) is 66.3 Å². The number of carbonyl (C=O) groups excluding carboxylic acids is 1. The molecule has 0 saturated carbocycles. The van der Waals surface area contributed by atoms with E-state index < -0.39 is 10.0 Å². The SMILES string of the molecule is COc1ccc(CCNS(=O)(=O)c2ccc(C)c(C(=O)N3CCOCC3)c2)cc1OC. The Kier molecular flexibility index (Phi) is 7.53. The van der Waals surface area contributed by atoms with Gasteiger partial charge in [0.25, 0.3) is 5.91 Å². The molecule has 0 spiro atoms. The van der Waals surface area contributed by atoms with Gasteiger partial charge in [-0.3, -0.25) is 4.79 Å². The molecular formula is C22H28N2O6S. The molecule has 0 radical (unpaired) electrons. The summed E-state index contributed by atoms with van der Waals surface area (Å²) in [5.74, 6) is 1.03. The van der Waals surface area contributed by atoms with Crippen LogP contribution in [0.15, 0.2) is 41.3 Å². The van der Waals surface area contributed by atoms with Gasteiger partial charge >= 0.3 is 0 Å². The number of hydrogen-bond donors (Lipinski definition) is 1. The number of methoxy groups -OCH3 is 2. The first-order valence-electron chi connectivity index (χ1n) is 10.0. The molecule has 1 aliphatic heterocycles. The van der Waals surface area contributed by atoms with Gasteiger partial charge in [0.05, 0.1) is 32.3 Å². The minimum atomic E-state index is -3.76. The van der Waals surface area contributed by atoms with Gasteiger partial charge in [0.2, 0.25) is 10.0 Å². The Morgan fingerprint density at radius 1 is 1.06 bits per heavy atom. The monoisotopic (exact) mass is 448 g/mol. The van der Waals surface area contributed by atoms with Crippen LogP contribution in [0.5, 0.6) is 11.5 Å². The fraction of sp³-hybridized carbons (Fsp3) is 0.409. The summed E-state index contributed by atoms with van der Waals surface area (Å²) < 4.78 is 44.0. The molecule has 0 aliphatic carbocycles. The zero-order chi connectivity index (χ0) is 22.4. The van der Waals surface area contributed by atoms with Crippen molar-refractivity contribution in [2.45, 2.75) is 18.2 Å². The summed E-state index contributed by atoms with van der Waals surface area (Å²) in [6, 6.07) is 10.1. The zero-order valence-electron chi connectivity index (χ0n) is 18.0. The van der Waals surface area contributed by atoms with E-state index in [1.807, 2.05) is 12.1 Å². The van der Waals surface area contributed by atoms with Crippen molar-refractivity contribution in [2.75, 3.05) is 47.1 Å². The highest BCUT2D eigenvalue weighted by atomic mass is 32.2. The summed E-state index contributed by atoms with van der Waals surface area (Å²) in [5.41, 5.74) is 2.04. The number of carbonyl (C=O) groups is 1. The molecule has 8 nitrogen and oxygen atoms in total. The summed E-state index contributed by atoms with van der Waals surface area (Å²) in [4.78, 5) is 14.6. The quantitative estimate of drug-likeness (QED) is 0.664. The Morgan fingerprint density at radius 2 is 1.77 bits per heavy atom. The van der Waals surface area contributed by atoms with Crippen molar-refractivity contribution in [3.8, 4) is 11.5 Å². The second kappa shape index (κ2) is 10.1. The molecule has 2 aromatic rings. The third-order valence-electron chi connectivity index (χ3n) is 5.20. The Bertz CT molecular complexity index is 1030. The van der Waals surface area contributed by atoms with Gasteiger partial charge < -0.3 is 19.1 Å². The van der Waals surface area contributed by atoms with Gasteiger partial charge in [0, 0.05) is 25.2 Å². The van der Waals surface area contributed by atoms with Crippen LogP contribution in [0.25, 0.3) is 0 Å². The summed E-state index contributed by atoms with van der Waals surface area (Å²) in [6.07, 6.45) is 0.477. The van der Waals surface area contributed by atoms with E-state index in [0.717, 1.165) is 11.1 Å². The molecule has 1 N–H and O–H groups in total. The van der Waals surface area contributed by atoms with E-state index in [1.54, 1.807) is 38.2 Å². The van der Waals surface area contributed by atoms with Crippen LogP contribution in [0, 0.1) is 6.92 Å². The average molecular weight is 449 g/mol. The molecule has 9 heteroatoms. The first-order chi connectivity index (χ1) is 14.9. The maximum absolute atomic E-state index is 12.8. The van der Waals surface area contributed by atoms with E-state index in [0.29, 0.717) is 49.8 Å². The zero-order valence-corrected chi connectivity index (χ0v) is 18.8. The van der Waals surface area contributed by atoms with Gasteiger partial charge in [-0.1, -0.05) is 12.1 Å². The number of nitrogens with zero attached hydrogens (tertiary/aromatic N) is 1. The average Bonchev–Trinajstić information content (AvgIpc) is 2.79. The van der Waals surface area contributed by atoms with Crippen LogP contribution < -0.4 is 14.2 Å². The van der Waals surface area contributed by atoms with Crippen molar-refractivity contribution in [3.05, 3.63) is 53.1 Å². The normalized spacial score (nSPS) is 14.4. The van der Waals surface area contributed by atoms with Crippen molar-refractivity contribution in [1.82, 2.24) is 9.62 Å². The largest absolute Gasteiger partial charge is 0.493 e. The molecule has 0 bridgehead atoms. The smallest absolute Gasteiger partial charge is 0.254 e. The molecule has 3 rings (SSSR count). The molecule has 0 atom stereocenters. The lowest BCUT2D eigenvalue weighted by Crippen LogP contribution is -2.41. The molecular weight excluding hydrogens is 420 g/mol. The first-order valence-corrected chi connectivity index (χ1v) is 11.5. The highest BCUT2D eigenvalue weighted by Crippen LogP contribution is 2.27. The number of nitrogens with one attached hydrogen (secondary N) is 1. The molecule has 1 aliphatic rings. The first kappa shape index (κ1) is 23.1. The summed E-state index contributed by atoms with van der Waals surface area (Å²) >= 11 is 0. The van der Waals surface area contributed by atoms with Crippen molar-refractivity contribution in [1.29, 1.82) is 0 Å². The number of rotatable bonds is 8. The van der Waals surface area contributed by atoms with Crippen molar-refractivity contribution >= 4 is 15.9 Å². The van der Waals surface area contributed by atoms with E-state index in [4.69, 9.17) is 14.2 Å². The predicted molar refractivity (Wildman–Crippen MR) is 116 cm³/mol. The molecule has 168 valence electrons. The molecule has 31 heavy (non-hydrogen) atoms. The third kappa shape index (κ3) is 5.55. The number of benzene rings is 2. The number of sulfonamides is 1. The van der Waals surface area contributed by atoms with Crippen molar-refractivity contribution in [3.63, 3.8) is 0 Å². The van der Waals surface area contributed by atoms with E-state index in [2.05, 4.69) is 4.72 Å². The third-order valence-corrected chi connectivity index (χ3v) is 6.66. The maximum Gasteiger partial charge on any atom is 0.254 e. The highest BCUT2D eigenvalue weighted by molar-refractivity contribution is 7.89.